The Hall–Kier alpha value is -2.82. The first-order chi connectivity index (χ1) is 13.0. The van der Waals surface area contributed by atoms with Crippen LogP contribution in [0.5, 0.6) is 0 Å². The largest absolute Gasteiger partial charge is 0.366 e. The van der Waals surface area contributed by atoms with Gasteiger partial charge in [-0.1, -0.05) is 69.3 Å². The quantitative estimate of drug-likeness (QED) is 0.707. The van der Waals surface area contributed by atoms with Crippen LogP contribution in [0.25, 0.3) is 0 Å². The molecule has 2 aromatic carbocycles. The van der Waals surface area contributed by atoms with Gasteiger partial charge in [-0.05, 0) is 41.0 Å². The molecule has 1 aromatic heterocycles. The summed E-state index contributed by atoms with van der Waals surface area (Å²) in [5.41, 5.74) is 11.1. The molecule has 3 aromatic rings. The Bertz CT molecular complexity index is 909. The molecule has 2 heterocycles. The van der Waals surface area contributed by atoms with Gasteiger partial charge in [0.05, 0.1) is 12.1 Å². The van der Waals surface area contributed by atoms with Crippen molar-refractivity contribution < 1.29 is 0 Å². The fourth-order valence-electron chi connectivity index (χ4n) is 3.78. The van der Waals surface area contributed by atoms with Crippen LogP contribution in [0.2, 0.25) is 0 Å². The molecule has 0 fully saturated rings. The van der Waals surface area contributed by atoms with Gasteiger partial charge < -0.3 is 11.1 Å². The molecule has 0 spiro atoms. The van der Waals surface area contributed by atoms with Crippen LogP contribution in [0.3, 0.4) is 0 Å². The standard InChI is InChI=1S/C22H27N5/c1-4-15-5-7-17(8-6-15)19-13-20(27-22(24-19)25-21(23)26-27)18-11-9-16(10-12-18)14(2)3/h5-12,14,19-20H,4,13H2,1-3H3,(H3,23,24,25,26)/t19-,20+/m0/s1. The fourth-order valence-corrected chi connectivity index (χ4v) is 3.78. The number of anilines is 2. The topological polar surface area (TPSA) is 68.8 Å². The summed E-state index contributed by atoms with van der Waals surface area (Å²) in [5, 5.41) is 7.95. The van der Waals surface area contributed by atoms with E-state index in [1.54, 1.807) is 0 Å². The molecule has 3 N–H and O–H groups in total. The number of aromatic nitrogens is 3. The SMILES string of the molecule is CCc1ccc([C@@H]2C[C@H](c3ccc(C(C)C)cc3)n3nc(N)nc3N2)cc1. The Morgan fingerprint density at radius 2 is 1.74 bits per heavy atom. The summed E-state index contributed by atoms with van der Waals surface area (Å²) in [6, 6.07) is 18.0. The molecule has 5 nitrogen and oxygen atoms in total. The molecule has 0 unspecified atom stereocenters. The highest BCUT2D eigenvalue weighted by molar-refractivity contribution is 5.42. The van der Waals surface area contributed by atoms with E-state index in [0.717, 1.165) is 18.8 Å². The lowest BCUT2D eigenvalue weighted by Crippen LogP contribution is -2.28. The normalized spacial score (nSPS) is 19.0. The molecule has 4 rings (SSSR count). The molecule has 0 aliphatic carbocycles. The highest BCUT2D eigenvalue weighted by Gasteiger charge is 2.30. The van der Waals surface area contributed by atoms with Gasteiger partial charge in [-0.25, -0.2) is 4.68 Å². The van der Waals surface area contributed by atoms with Crippen molar-refractivity contribution in [2.45, 2.75) is 51.6 Å². The van der Waals surface area contributed by atoms with Crippen LogP contribution in [0.4, 0.5) is 11.9 Å². The lowest BCUT2D eigenvalue weighted by atomic mass is 9.91. The number of hydrogen-bond donors (Lipinski definition) is 2. The average Bonchev–Trinajstić information content (AvgIpc) is 3.07. The van der Waals surface area contributed by atoms with Gasteiger partial charge in [0.1, 0.15) is 0 Å². The minimum atomic E-state index is 0.114. The molecule has 0 saturated carbocycles. The van der Waals surface area contributed by atoms with E-state index in [9.17, 15) is 0 Å². The summed E-state index contributed by atoms with van der Waals surface area (Å²) in [7, 11) is 0. The maximum Gasteiger partial charge on any atom is 0.241 e. The molecule has 140 valence electrons. The lowest BCUT2D eigenvalue weighted by Gasteiger charge is -2.32. The van der Waals surface area contributed by atoms with Crippen molar-refractivity contribution in [3.63, 3.8) is 0 Å². The van der Waals surface area contributed by atoms with Crippen LogP contribution < -0.4 is 11.1 Å². The van der Waals surface area contributed by atoms with E-state index in [0.29, 0.717) is 11.9 Å². The summed E-state index contributed by atoms with van der Waals surface area (Å²) in [6.07, 6.45) is 1.95. The highest BCUT2D eigenvalue weighted by atomic mass is 15.4. The van der Waals surface area contributed by atoms with Gasteiger partial charge in [-0.2, -0.15) is 4.98 Å². The number of nitrogens with two attached hydrogens (primary N) is 1. The van der Waals surface area contributed by atoms with Crippen molar-refractivity contribution in [3.8, 4) is 0 Å². The zero-order chi connectivity index (χ0) is 19.0. The Morgan fingerprint density at radius 3 is 2.37 bits per heavy atom. The lowest BCUT2D eigenvalue weighted by molar-refractivity contribution is 0.431. The van der Waals surface area contributed by atoms with Gasteiger partial charge >= 0.3 is 0 Å². The van der Waals surface area contributed by atoms with Crippen molar-refractivity contribution in [2.75, 3.05) is 11.1 Å². The van der Waals surface area contributed by atoms with Gasteiger partial charge in [-0.15, -0.1) is 5.10 Å². The Kier molecular flexibility index (Phi) is 4.60. The van der Waals surface area contributed by atoms with Gasteiger partial charge in [-0.3, -0.25) is 0 Å². The third-order valence-electron chi connectivity index (χ3n) is 5.48. The first-order valence-electron chi connectivity index (χ1n) is 9.72. The second kappa shape index (κ2) is 7.06. The van der Waals surface area contributed by atoms with Gasteiger partial charge in [0, 0.05) is 0 Å². The Labute approximate surface area is 160 Å². The summed E-state index contributed by atoms with van der Waals surface area (Å²) >= 11 is 0. The third-order valence-corrected chi connectivity index (χ3v) is 5.48. The van der Waals surface area contributed by atoms with Crippen LogP contribution in [-0.2, 0) is 6.42 Å². The second-order valence-corrected chi connectivity index (χ2v) is 7.60. The molecule has 1 aliphatic heterocycles. The van der Waals surface area contributed by atoms with E-state index in [-0.39, 0.29) is 12.1 Å². The minimum Gasteiger partial charge on any atom is -0.366 e. The van der Waals surface area contributed by atoms with Crippen LogP contribution >= 0.6 is 0 Å². The van der Waals surface area contributed by atoms with Crippen molar-refractivity contribution in [1.82, 2.24) is 14.8 Å². The number of nitrogen functional groups attached to an aromatic ring is 1. The summed E-state index contributed by atoms with van der Waals surface area (Å²) in [5.74, 6) is 1.57. The number of fused-ring (bicyclic) bond motifs is 1. The third kappa shape index (κ3) is 3.42. The number of rotatable bonds is 4. The van der Waals surface area contributed by atoms with E-state index < -0.39 is 0 Å². The maximum absolute atomic E-state index is 5.90. The smallest absolute Gasteiger partial charge is 0.241 e. The number of nitrogens with zero attached hydrogens (tertiary/aromatic N) is 3. The molecular formula is C22H27N5. The molecule has 2 atom stereocenters. The first-order valence-corrected chi connectivity index (χ1v) is 9.72. The van der Waals surface area contributed by atoms with E-state index in [1.807, 2.05) is 4.68 Å². The minimum absolute atomic E-state index is 0.114. The van der Waals surface area contributed by atoms with E-state index in [1.165, 1.54) is 22.3 Å². The predicted molar refractivity (Wildman–Crippen MR) is 110 cm³/mol. The molecular weight excluding hydrogens is 334 g/mol. The molecule has 0 amide bonds. The van der Waals surface area contributed by atoms with Crippen LogP contribution in [0, 0.1) is 0 Å². The van der Waals surface area contributed by atoms with Gasteiger partial charge in [0.2, 0.25) is 11.9 Å². The predicted octanol–water partition coefficient (Wildman–Crippen LogP) is 4.69. The highest BCUT2D eigenvalue weighted by Crippen LogP contribution is 2.38. The van der Waals surface area contributed by atoms with Crippen LogP contribution in [0.15, 0.2) is 48.5 Å². The van der Waals surface area contributed by atoms with E-state index in [2.05, 4.69) is 84.7 Å². The molecule has 5 heteroatoms. The molecule has 27 heavy (non-hydrogen) atoms. The zero-order valence-corrected chi connectivity index (χ0v) is 16.2. The number of nitrogens with one attached hydrogen (secondary N) is 1. The van der Waals surface area contributed by atoms with Crippen molar-refractivity contribution in [1.29, 1.82) is 0 Å². The Balaban J connectivity index is 1.69. The molecule has 1 aliphatic rings. The van der Waals surface area contributed by atoms with Gasteiger partial charge in [0.25, 0.3) is 0 Å². The molecule has 0 bridgehead atoms. The van der Waals surface area contributed by atoms with E-state index >= 15 is 0 Å². The number of hydrogen-bond acceptors (Lipinski definition) is 4. The van der Waals surface area contributed by atoms with Crippen molar-refractivity contribution >= 4 is 11.9 Å². The van der Waals surface area contributed by atoms with Crippen molar-refractivity contribution in [2.24, 2.45) is 0 Å². The summed E-state index contributed by atoms with van der Waals surface area (Å²) in [4.78, 5) is 4.40. The average molecular weight is 361 g/mol. The molecule has 0 radical (unpaired) electrons. The van der Waals surface area contributed by atoms with Crippen molar-refractivity contribution in [3.05, 3.63) is 70.8 Å². The monoisotopic (exact) mass is 361 g/mol. The van der Waals surface area contributed by atoms with E-state index in [4.69, 9.17) is 5.73 Å². The maximum atomic E-state index is 5.90. The zero-order valence-electron chi connectivity index (χ0n) is 16.2. The van der Waals surface area contributed by atoms with Gasteiger partial charge in [0.15, 0.2) is 0 Å². The van der Waals surface area contributed by atoms with Crippen LogP contribution in [0.1, 0.15) is 67.4 Å². The number of benzene rings is 2. The summed E-state index contributed by atoms with van der Waals surface area (Å²) < 4.78 is 1.93. The number of aryl methyl sites for hydroxylation is 1. The summed E-state index contributed by atoms with van der Waals surface area (Å²) in [6.45, 7) is 6.60. The second-order valence-electron chi connectivity index (χ2n) is 7.60. The first kappa shape index (κ1) is 17.6. The Morgan fingerprint density at radius 1 is 1.07 bits per heavy atom. The molecule has 0 saturated heterocycles. The van der Waals surface area contributed by atoms with Crippen LogP contribution in [-0.4, -0.2) is 14.8 Å². The fraction of sp³-hybridized carbons (Fsp3) is 0.364.